The van der Waals surface area contributed by atoms with Crippen molar-refractivity contribution >= 4 is 56.3 Å². The topological polar surface area (TPSA) is 129 Å². The molecule has 204 valence electrons. The summed E-state index contributed by atoms with van der Waals surface area (Å²) in [7, 11) is -3.53. The Morgan fingerprint density at radius 1 is 1.00 bits per heavy atom. The first-order chi connectivity index (χ1) is 19.3. The average Bonchev–Trinajstić information content (AvgIpc) is 3.47. The zero-order chi connectivity index (χ0) is 27.7. The summed E-state index contributed by atoms with van der Waals surface area (Å²) in [6.45, 7) is 0.496. The molecule has 2 aliphatic rings. The molecule has 1 fully saturated rings. The molecule has 2 amide bonds. The zero-order valence-electron chi connectivity index (χ0n) is 21.3. The predicted molar refractivity (Wildman–Crippen MR) is 154 cm³/mol. The number of benzene rings is 2. The Kier molecular flexibility index (Phi) is 6.99. The number of likely N-dealkylation sites (tertiary alicyclic amines) is 1. The van der Waals surface area contributed by atoms with Crippen molar-refractivity contribution in [2.24, 2.45) is 0 Å². The van der Waals surface area contributed by atoms with Crippen LogP contribution in [0.25, 0.3) is 0 Å². The Hall–Kier alpha value is -4.22. The SMILES string of the molecule is O=C(Nc1ccc2cc1CCc1cncc(c1)Nc1ncc(Cl)c(n1)N2)N1CCC(S(=O)(=O)c2ccccc2)C1. The van der Waals surface area contributed by atoms with Crippen LogP contribution in [-0.4, -0.2) is 52.6 Å². The Labute approximate surface area is 236 Å². The first-order valence-corrected chi connectivity index (χ1v) is 14.8. The van der Waals surface area contributed by atoms with E-state index in [1.165, 1.54) is 6.20 Å². The van der Waals surface area contributed by atoms with Crippen molar-refractivity contribution in [2.75, 3.05) is 29.0 Å². The first-order valence-electron chi connectivity index (χ1n) is 12.8. The fourth-order valence-corrected chi connectivity index (χ4v) is 6.77. The number of carbonyl (C=O) groups is 1. The van der Waals surface area contributed by atoms with Crippen LogP contribution in [0.2, 0.25) is 5.02 Å². The van der Waals surface area contributed by atoms with Gasteiger partial charge in [-0.25, -0.2) is 18.2 Å². The smallest absolute Gasteiger partial charge is 0.321 e. The second-order valence-electron chi connectivity index (χ2n) is 9.74. The van der Waals surface area contributed by atoms with E-state index in [1.807, 2.05) is 24.3 Å². The number of amides is 2. The highest BCUT2D eigenvalue weighted by atomic mass is 35.5. The first kappa shape index (κ1) is 26.0. The number of anilines is 5. The molecule has 6 rings (SSSR count). The van der Waals surface area contributed by atoms with Gasteiger partial charge in [0.2, 0.25) is 5.95 Å². The third kappa shape index (κ3) is 5.43. The Bertz CT molecular complexity index is 1680. The van der Waals surface area contributed by atoms with E-state index in [-0.39, 0.29) is 17.5 Å². The van der Waals surface area contributed by atoms with Gasteiger partial charge in [-0.1, -0.05) is 29.8 Å². The standard InChI is InChI=1S/C28H26ClN7O3S/c29-24-16-31-27-33-21-12-18(14-30-15-21)6-7-19-13-20(32-26(24)35-27)8-9-25(19)34-28(37)36-11-10-23(17-36)40(38,39)22-4-2-1-3-5-22/h1-5,8-9,12-16,23H,6-7,10-11,17H2,(H,34,37)(H2,31,32,33,35). The fourth-order valence-electron chi connectivity index (χ4n) is 4.92. The normalized spacial score (nSPS) is 16.5. The molecule has 0 aliphatic carbocycles. The molecule has 40 heavy (non-hydrogen) atoms. The van der Waals surface area contributed by atoms with E-state index in [0.29, 0.717) is 48.3 Å². The molecule has 0 saturated carbocycles. The largest absolute Gasteiger partial charge is 0.339 e. The Morgan fingerprint density at radius 2 is 1.85 bits per heavy atom. The molecule has 3 N–H and O–H groups in total. The summed E-state index contributed by atoms with van der Waals surface area (Å²) in [5, 5.41) is 9.13. The monoisotopic (exact) mass is 575 g/mol. The molecule has 0 radical (unpaired) electrons. The maximum atomic E-state index is 13.3. The molecule has 4 heterocycles. The van der Waals surface area contributed by atoms with E-state index < -0.39 is 15.1 Å². The number of pyridine rings is 1. The molecule has 1 saturated heterocycles. The lowest BCUT2D eigenvalue weighted by atomic mass is 10.0. The van der Waals surface area contributed by atoms with Crippen LogP contribution in [0.1, 0.15) is 17.5 Å². The number of urea groups is 1. The molecule has 0 spiro atoms. The van der Waals surface area contributed by atoms with Crippen LogP contribution in [0.15, 0.2) is 78.1 Å². The highest BCUT2D eigenvalue weighted by Gasteiger charge is 2.36. The second kappa shape index (κ2) is 10.7. The van der Waals surface area contributed by atoms with E-state index in [9.17, 15) is 13.2 Å². The number of nitrogens with zero attached hydrogens (tertiary/aromatic N) is 4. The molecule has 2 aromatic heterocycles. The average molecular weight is 576 g/mol. The molecular weight excluding hydrogens is 550 g/mol. The Balaban J connectivity index is 1.24. The van der Waals surface area contributed by atoms with Crippen molar-refractivity contribution < 1.29 is 13.2 Å². The fraction of sp³-hybridized carbons (Fsp3) is 0.214. The van der Waals surface area contributed by atoms with Gasteiger partial charge in [0.15, 0.2) is 15.7 Å². The summed E-state index contributed by atoms with van der Waals surface area (Å²) in [5.74, 6) is 0.820. The number of rotatable bonds is 3. The van der Waals surface area contributed by atoms with E-state index >= 15 is 0 Å². The van der Waals surface area contributed by atoms with Crippen molar-refractivity contribution in [1.82, 2.24) is 19.9 Å². The molecule has 6 bridgehead atoms. The maximum absolute atomic E-state index is 13.3. The van der Waals surface area contributed by atoms with Gasteiger partial charge in [0, 0.05) is 30.7 Å². The summed E-state index contributed by atoms with van der Waals surface area (Å²) in [6.07, 6.45) is 6.71. The lowest BCUT2D eigenvalue weighted by molar-refractivity contribution is 0.222. The van der Waals surface area contributed by atoms with Crippen LogP contribution in [0, 0.1) is 0 Å². The van der Waals surface area contributed by atoms with Crippen LogP contribution in [0.3, 0.4) is 0 Å². The number of halogens is 1. The summed E-state index contributed by atoms with van der Waals surface area (Å²) in [4.78, 5) is 28.2. The van der Waals surface area contributed by atoms with Crippen LogP contribution in [-0.2, 0) is 22.7 Å². The molecule has 2 aromatic carbocycles. The zero-order valence-corrected chi connectivity index (χ0v) is 22.9. The number of nitrogens with one attached hydrogen (secondary N) is 3. The number of aryl methyl sites for hydroxylation is 2. The maximum Gasteiger partial charge on any atom is 0.321 e. The highest BCUT2D eigenvalue weighted by molar-refractivity contribution is 7.92. The van der Waals surface area contributed by atoms with Crippen molar-refractivity contribution in [3.05, 3.63) is 89.3 Å². The minimum atomic E-state index is -3.53. The van der Waals surface area contributed by atoms with Crippen molar-refractivity contribution in [3.63, 3.8) is 0 Å². The van der Waals surface area contributed by atoms with Crippen LogP contribution >= 0.6 is 11.6 Å². The number of fused-ring (bicyclic) bond motifs is 6. The van der Waals surface area contributed by atoms with E-state index in [2.05, 4.69) is 30.9 Å². The van der Waals surface area contributed by atoms with Gasteiger partial charge in [-0.15, -0.1) is 0 Å². The molecule has 2 aliphatic heterocycles. The summed E-state index contributed by atoms with van der Waals surface area (Å²) in [5.41, 5.74) is 4.05. The third-order valence-electron chi connectivity index (χ3n) is 7.03. The van der Waals surface area contributed by atoms with Gasteiger partial charge in [0.1, 0.15) is 5.02 Å². The second-order valence-corrected chi connectivity index (χ2v) is 12.4. The molecule has 4 aromatic rings. The van der Waals surface area contributed by atoms with Gasteiger partial charge in [-0.05, 0) is 66.8 Å². The van der Waals surface area contributed by atoms with Gasteiger partial charge in [-0.3, -0.25) is 4.98 Å². The molecule has 12 heteroatoms. The van der Waals surface area contributed by atoms with Gasteiger partial charge in [-0.2, -0.15) is 4.98 Å². The Morgan fingerprint density at radius 3 is 2.70 bits per heavy atom. The molecular formula is C28H26ClN7O3S. The summed E-state index contributed by atoms with van der Waals surface area (Å²) >= 11 is 6.36. The molecule has 10 nitrogen and oxygen atoms in total. The number of carbonyl (C=O) groups excluding carboxylic acids is 1. The lowest BCUT2D eigenvalue weighted by Crippen LogP contribution is -2.35. The lowest BCUT2D eigenvalue weighted by Gasteiger charge is -2.20. The van der Waals surface area contributed by atoms with E-state index in [1.54, 1.807) is 47.6 Å². The van der Waals surface area contributed by atoms with Gasteiger partial charge in [0.25, 0.3) is 0 Å². The molecule has 1 atom stereocenters. The van der Waals surface area contributed by atoms with Crippen molar-refractivity contribution in [2.45, 2.75) is 29.4 Å². The predicted octanol–water partition coefficient (Wildman–Crippen LogP) is 5.19. The minimum absolute atomic E-state index is 0.137. The number of sulfone groups is 1. The summed E-state index contributed by atoms with van der Waals surface area (Å²) in [6, 6.07) is 15.6. The van der Waals surface area contributed by atoms with Crippen LogP contribution in [0.5, 0.6) is 0 Å². The number of aromatic nitrogens is 3. The molecule has 1 unspecified atom stereocenters. The number of hydrogen-bond donors (Lipinski definition) is 3. The van der Waals surface area contributed by atoms with E-state index in [0.717, 1.165) is 22.5 Å². The number of hydrogen-bond acceptors (Lipinski definition) is 8. The van der Waals surface area contributed by atoms with Crippen LogP contribution in [0.4, 0.5) is 33.6 Å². The van der Waals surface area contributed by atoms with Gasteiger partial charge >= 0.3 is 6.03 Å². The van der Waals surface area contributed by atoms with Crippen LogP contribution < -0.4 is 16.0 Å². The van der Waals surface area contributed by atoms with Crippen molar-refractivity contribution in [1.29, 1.82) is 0 Å². The van der Waals surface area contributed by atoms with Crippen molar-refractivity contribution in [3.8, 4) is 0 Å². The minimum Gasteiger partial charge on any atom is -0.339 e. The quantitative estimate of drug-likeness (QED) is 0.304. The third-order valence-corrected chi connectivity index (χ3v) is 9.50. The van der Waals surface area contributed by atoms with Gasteiger partial charge in [0.05, 0.1) is 28.2 Å². The summed E-state index contributed by atoms with van der Waals surface area (Å²) < 4.78 is 26.2. The van der Waals surface area contributed by atoms with Gasteiger partial charge < -0.3 is 20.9 Å². The van der Waals surface area contributed by atoms with E-state index in [4.69, 9.17) is 11.6 Å². The highest BCUT2D eigenvalue weighted by Crippen LogP contribution is 2.30.